The first-order valence-corrected chi connectivity index (χ1v) is 13.5. The van der Waals surface area contributed by atoms with Gasteiger partial charge in [-0.2, -0.15) is 0 Å². The predicted octanol–water partition coefficient (Wildman–Crippen LogP) is 8.89. The molecule has 0 saturated heterocycles. The van der Waals surface area contributed by atoms with E-state index in [9.17, 15) is 0 Å². The number of fused-ring (bicyclic) bond motifs is 5. The number of allylic oxidation sites excluding steroid dienone is 4. The molecule has 13 heteroatoms. The van der Waals surface area contributed by atoms with Gasteiger partial charge in [0.1, 0.15) is 9.75 Å². The highest BCUT2D eigenvalue weighted by Gasteiger charge is 2.83. The molecule has 0 aliphatic heterocycles. The van der Waals surface area contributed by atoms with Gasteiger partial charge in [0.2, 0.25) is 0 Å². The van der Waals surface area contributed by atoms with Crippen molar-refractivity contribution < 1.29 is 0 Å². The lowest BCUT2D eigenvalue weighted by Gasteiger charge is -2.37. The minimum atomic E-state index is -1.48. The van der Waals surface area contributed by atoms with Gasteiger partial charge in [-0.3, -0.25) is 0 Å². The van der Waals surface area contributed by atoms with E-state index in [1.165, 1.54) is 0 Å². The van der Waals surface area contributed by atoms with Crippen molar-refractivity contribution in [1.29, 1.82) is 0 Å². The maximum Gasteiger partial charge on any atom is 0.167 e. The fourth-order valence-corrected chi connectivity index (χ4v) is 9.98. The van der Waals surface area contributed by atoms with Crippen molar-refractivity contribution in [2.75, 3.05) is 0 Å². The summed E-state index contributed by atoms with van der Waals surface area (Å²) < 4.78 is -1.48. The molecule has 2 bridgehead atoms. The third-order valence-corrected chi connectivity index (χ3v) is 14.5. The van der Waals surface area contributed by atoms with Crippen molar-refractivity contribution >= 4 is 151 Å². The summed E-state index contributed by atoms with van der Waals surface area (Å²) in [7, 11) is 0. The maximum absolute atomic E-state index is 6.57. The molecule has 5 atom stereocenters. The molecule has 0 N–H and O–H groups in total. The molecule has 0 spiro atoms. The predicted molar refractivity (Wildman–Crippen MR) is 134 cm³/mol. The summed E-state index contributed by atoms with van der Waals surface area (Å²) in [6, 6.07) is 0. The molecule has 2 fully saturated rings. The number of alkyl halides is 11. The smallest absolute Gasteiger partial charge is 0.120 e. The van der Waals surface area contributed by atoms with Crippen LogP contribution in [-0.4, -0.2) is 51.7 Å². The van der Waals surface area contributed by atoms with Crippen LogP contribution in [0.2, 0.25) is 0 Å². The van der Waals surface area contributed by atoms with Crippen LogP contribution in [0.3, 0.4) is 0 Å². The van der Waals surface area contributed by atoms with Gasteiger partial charge in [0.15, 0.2) is 4.33 Å². The van der Waals surface area contributed by atoms with E-state index in [-0.39, 0.29) is 27.3 Å². The highest BCUT2D eigenvalue weighted by atomic mass is 35.5. The van der Waals surface area contributed by atoms with Crippen LogP contribution >= 0.6 is 151 Å². The van der Waals surface area contributed by atoms with Gasteiger partial charge in [-0.05, 0) is 0 Å². The lowest BCUT2D eigenvalue weighted by molar-refractivity contribution is 0.420. The standard InChI is InChI=1S/C10H5Cl7.C6H6Cl6/c11-4-2-1-3-5(4)9(15)7(13)6(12)8(3,14)10(9,16)17;7-1-2(8)4(10)6(12)5(11)3(1)9/h1-5H;1-6H. The zero-order valence-electron chi connectivity index (χ0n) is 13.8. The summed E-state index contributed by atoms with van der Waals surface area (Å²) in [5.74, 6) is -0.470. The molecular formula is C16H11Cl13. The van der Waals surface area contributed by atoms with Crippen molar-refractivity contribution in [2.24, 2.45) is 11.8 Å². The quantitative estimate of drug-likeness (QED) is 0.179. The van der Waals surface area contributed by atoms with Crippen LogP contribution in [0.25, 0.3) is 0 Å². The number of hydrogen-bond acceptors (Lipinski definition) is 0. The maximum atomic E-state index is 6.57. The highest BCUT2D eigenvalue weighted by molar-refractivity contribution is 6.66. The van der Waals surface area contributed by atoms with Crippen LogP contribution in [0.15, 0.2) is 22.2 Å². The summed E-state index contributed by atoms with van der Waals surface area (Å²) >= 11 is 79.7. The average Bonchev–Trinajstić information content (AvgIpc) is 3.16. The van der Waals surface area contributed by atoms with E-state index < -0.39 is 46.3 Å². The Morgan fingerprint density at radius 1 is 0.552 bits per heavy atom. The van der Waals surface area contributed by atoms with Crippen molar-refractivity contribution in [1.82, 2.24) is 0 Å². The third kappa shape index (κ3) is 3.59. The molecule has 0 aromatic carbocycles. The number of hydrogen-bond donors (Lipinski definition) is 0. The van der Waals surface area contributed by atoms with Gasteiger partial charge >= 0.3 is 0 Å². The molecule has 0 amide bonds. The third-order valence-electron chi connectivity index (χ3n) is 5.72. The molecular weight excluding hydrogens is 653 g/mol. The molecule has 5 unspecified atom stereocenters. The summed E-state index contributed by atoms with van der Waals surface area (Å²) in [6.45, 7) is 0. The second kappa shape index (κ2) is 9.04. The highest BCUT2D eigenvalue weighted by Crippen LogP contribution is 2.78. The summed E-state index contributed by atoms with van der Waals surface area (Å²) in [5, 5.41) is -2.51. The van der Waals surface area contributed by atoms with Crippen LogP contribution in [-0.2, 0) is 0 Å². The van der Waals surface area contributed by atoms with Crippen LogP contribution < -0.4 is 0 Å². The van der Waals surface area contributed by atoms with Crippen molar-refractivity contribution in [3.63, 3.8) is 0 Å². The largest absolute Gasteiger partial charge is 0.167 e. The minimum Gasteiger partial charge on any atom is -0.120 e. The molecule has 0 aromatic rings. The van der Waals surface area contributed by atoms with Crippen molar-refractivity contribution in [3.8, 4) is 0 Å². The van der Waals surface area contributed by atoms with Gasteiger partial charge in [0.05, 0.1) is 47.7 Å². The van der Waals surface area contributed by atoms with Gasteiger partial charge in [-0.25, -0.2) is 0 Å². The average molecular weight is 664 g/mol. The monoisotopic (exact) mass is 658 g/mol. The lowest BCUT2D eigenvalue weighted by atomic mass is 9.84. The zero-order chi connectivity index (χ0) is 22.3. The van der Waals surface area contributed by atoms with Crippen LogP contribution in [0.4, 0.5) is 0 Å². The Labute approximate surface area is 234 Å². The SMILES string of the molecule is ClC1=C(Cl)C2(Cl)C3C(Cl)C=CC3C1(Cl)C2(Cl)Cl.ClC1C(Cl)C(Cl)C(Cl)C(Cl)C1Cl. The van der Waals surface area contributed by atoms with E-state index in [4.69, 9.17) is 151 Å². The Bertz CT molecular complexity index is 678. The molecule has 0 heterocycles. The van der Waals surface area contributed by atoms with Crippen LogP contribution in [0.1, 0.15) is 0 Å². The van der Waals surface area contributed by atoms with Crippen molar-refractivity contribution in [2.45, 2.75) is 51.7 Å². The molecule has 0 nitrogen and oxygen atoms in total. The Hall–Kier alpha value is 3.25. The second-order valence-corrected chi connectivity index (χ2v) is 14.0. The van der Waals surface area contributed by atoms with Gasteiger partial charge < -0.3 is 0 Å². The Morgan fingerprint density at radius 3 is 1.28 bits per heavy atom. The lowest BCUT2D eigenvalue weighted by Crippen LogP contribution is -2.52. The van der Waals surface area contributed by atoms with Crippen LogP contribution in [0.5, 0.6) is 0 Å². The molecule has 2 saturated carbocycles. The number of halogens is 13. The normalized spacial score (nSPS) is 55.0. The molecule has 166 valence electrons. The Kier molecular flexibility index (Phi) is 8.37. The Morgan fingerprint density at radius 2 is 0.897 bits per heavy atom. The molecule has 4 rings (SSSR count). The fourth-order valence-electron chi connectivity index (χ4n) is 4.14. The van der Waals surface area contributed by atoms with E-state index in [2.05, 4.69) is 0 Å². The van der Waals surface area contributed by atoms with E-state index in [0.29, 0.717) is 0 Å². The molecule has 29 heavy (non-hydrogen) atoms. The molecule has 4 aliphatic rings. The second-order valence-electron chi connectivity index (χ2n) is 7.17. The molecule has 0 radical (unpaired) electrons. The first-order valence-electron chi connectivity index (χ1n) is 8.16. The first kappa shape index (κ1) is 26.8. The van der Waals surface area contributed by atoms with Crippen LogP contribution in [0, 0.1) is 11.8 Å². The summed E-state index contributed by atoms with van der Waals surface area (Å²) in [5.41, 5.74) is 0. The molecule has 0 aromatic heterocycles. The van der Waals surface area contributed by atoms with E-state index >= 15 is 0 Å². The fraction of sp³-hybridized carbons (Fsp3) is 0.750. The number of rotatable bonds is 0. The Balaban J connectivity index is 0.000000177. The van der Waals surface area contributed by atoms with E-state index in [1.807, 2.05) is 12.2 Å². The van der Waals surface area contributed by atoms with E-state index in [0.717, 1.165) is 0 Å². The van der Waals surface area contributed by atoms with E-state index in [1.54, 1.807) is 0 Å². The summed E-state index contributed by atoms with van der Waals surface area (Å²) in [4.78, 5) is -2.45. The molecule has 4 aliphatic carbocycles. The van der Waals surface area contributed by atoms with Crippen molar-refractivity contribution in [3.05, 3.63) is 22.2 Å². The van der Waals surface area contributed by atoms with Gasteiger partial charge in [0, 0.05) is 11.8 Å². The first-order chi connectivity index (χ1) is 13.2. The summed E-state index contributed by atoms with van der Waals surface area (Å²) in [6.07, 6.45) is 3.69. The van der Waals surface area contributed by atoms with Gasteiger partial charge in [0.25, 0.3) is 0 Å². The topological polar surface area (TPSA) is 0 Å². The minimum absolute atomic E-state index is 0.205. The van der Waals surface area contributed by atoms with Gasteiger partial charge in [-0.1, -0.05) is 58.6 Å². The van der Waals surface area contributed by atoms with Gasteiger partial charge in [-0.15, -0.1) is 104 Å². The zero-order valence-corrected chi connectivity index (χ0v) is 23.6.